The highest BCUT2D eigenvalue weighted by Crippen LogP contribution is 2.21. The highest BCUT2D eigenvalue weighted by molar-refractivity contribution is 5.80. The molecule has 2 aliphatic rings. The van der Waals surface area contributed by atoms with Crippen LogP contribution >= 0.6 is 0 Å². The third-order valence-electron chi connectivity index (χ3n) is 5.28. The van der Waals surface area contributed by atoms with Gasteiger partial charge in [-0.3, -0.25) is 9.79 Å². The number of nitrogens with two attached hydrogens (primary N) is 1. The van der Waals surface area contributed by atoms with Gasteiger partial charge in [-0.25, -0.2) is 0 Å². The largest absolute Gasteiger partial charge is 0.370 e. The van der Waals surface area contributed by atoms with E-state index < -0.39 is 0 Å². The van der Waals surface area contributed by atoms with Crippen LogP contribution in [0.5, 0.6) is 0 Å². The van der Waals surface area contributed by atoms with E-state index in [-0.39, 0.29) is 5.91 Å². The lowest BCUT2D eigenvalue weighted by atomic mass is 9.94. The molecule has 2 fully saturated rings. The first-order chi connectivity index (χ1) is 11.6. The van der Waals surface area contributed by atoms with Gasteiger partial charge in [-0.05, 0) is 71.0 Å². The lowest BCUT2D eigenvalue weighted by Gasteiger charge is -2.35. The Morgan fingerprint density at radius 3 is 2.62 bits per heavy atom. The molecular weight excluding hydrogens is 302 g/mol. The average molecular weight is 338 g/mol. The molecule has 0 aromatic carbocycles. The van der Waals surface area contributed by atoms with E-state index in [1.165, 1.54) is 32.4 Å². The van der Waals surface area contributed by atoms with Crippen molar-refractivity contribution < 1.29 is 4.79 Å². The summed E-state index contributed by atoms with van der Waals surface area (Å²) >= 11 is 0. The molecule has 1 unspecified atom stereocenters. The molecule has 2 aliphatic heterocycles. The molecule has 0 aromatic heterocycles. The highest BCUT2D eigenvalue weighted by Gasteiger charge is 2.23. The van der Waals surface area contributed by atoms with Gasteiger partial charge < -0.3 is 20.9 Å². The summed E-state index contributed by atoms with van der Waals surface area (Å²) in [5, 5.41) is 3.42. The van der Waals surface area contributed by atoms with E-state index >= 15 is 0 Å². The number of hydrogen-bond donors (Lipinski definition) is 2. The molecule has 24 heavy (non-hydrogen) atoms. The Bertz CT molecular complexity index is 418. The number of piperidine rings is 2. The molecule has 0 spiro atoms. The molecule has 6 heteroatoms. The quantitative estimate of drug-likeness (QED) is 0.565. The first-order valence-electron chi connectivity index (χ1n) is 9.58. The second-order valence-corrected chi connectivity index (χ2v) is 7.40. The van der Waals surface area contributed by atoms with Gasteiger partial charge in [-0.2, -0.15) is 0 Å². The van der Waals surface area contributed by atoms with Gasteiger partial charge in [0.2, 0.25) is 5.91 Å². The second kappa shape index (κ2) is 9.87. The molecule has 0 bridgehead atoms. The predicted octanol–water partition coefficient (Wildman–Crippen LogP) is 1.27. The summed E-state index contributed by atoms with van der Waals surface area (Å²) in [5.41, 5.74) is 5.37. The molecular formula is C18H35N5O. The Morgan fingerprint density at radius 1 is 1.21 bits per heavy atom. The van der Waals surface area contributed by atoms with Crippen LogP contribution in [0.25, 0.3) is 0 Å². The van der Waals surface area contributed by atoms with Crippen LogP contribution in [0, 0.1) is 11.8 Å². The van der Waals surface area contributed by atoms with E-state index in [4.69, 9.17) is 10.7 Å². The summed E-state index contributed by atoms with van der Waals surface area (Å²) in [6, 6.07) is 0. The maximum atomic E-state index is 11.2. The fourth-order valence-electron chi connectivity index (χ4n) is 3.84. The molecule has 0 aliphatic carbocycles. The van der Waals surface area contributed by atoms with Crippen molar-refractivity contribution in [1.82, 2.24) is 15.1 Å². The summed E-state index contributed by atoms with van der Waals surface area (Å²) in [6.45, 7) is 8.23. The summed E-state index contributed by atoms with van der Waals surface area (Å²) < 4.78 is 0. The standard InChI is InChI=1S/C18H35N5O/c1-3-20-18(21-9-6-15-7-11-22(2)12-8-15)23-10-4-5-16(14-23)13-17(19)24/h15-16H,3-14H2,1-2H3,(H2,19,24)(H,20,21). The van der Waals surface area contributed by atoms with Crippen LogP contribution in [-0.2, 0) is 4.79 Å². The van der Waals surface area contributed by atoms with Gasteiger partial charge in [0, 0.05) is 32.6 Å². The number of aliphatic imine (C=N–C) groups is 1. The fraction of sp³-hybridized carbons (Fsp3) is 0.889. The van der Waals surface area contributed by atoms with Gasteiger partial charge in [-0.1, -0.05) is 0 Å². The predicted molar refractivity (Wildman–Crippen MR) is 98.9 cm³/mol. The van der Waals surface area contributed by atoms with Crippen LogP contribution in [0.1, 0.15) is 45.4 Å². The lowest BCUT2D eigenvalue weighted by Crippen LogP contribution is -2.47. The maximum absolute atomic E-state index is 11.2. The molecule has 2 saturated heterocycles. The Morgan fingerprint density at radius 2 is 1.96 bits per heavy atom. The van der Waals surface area contributed by atoms with Crippen LogP contribution < -0.4 is 11.1 Å². The zero-order valence-corrected chi connectivity index (χ0v) is 15.5. The minimum absolute atomic E-state index is 0.189. The monoisotopic (exact) mass is 337 g/mol. The molecule has 0 saturated carbocycles. The summed E-state index contributed by atoms with van der Waals surface area (Å²) in [7, 11) is 2.20. The van der Waals surface area contributed by atoms with Crippen LogP contribution in [0.2, 0.25) is 0 Å². The highest BCUT2D eigenvalue weighted by atomic mass is 16.1. The van der Waals surface area contributed by atoms with Gasteiger partial charge in [0.05, 0.1) is 0 Å². The number of carbonyl (C=O) groups is 1. The Labute approximate surface area is 146 Å². The summed E-state index contributed by atoms with van der Waals surface area (Å²) in [4.78, 5) is 20.8. The van der Waals surface area contributed by atoms with E-state index in [2.05, 4.69) is 29.1 Å². The zero-order chi connectivity index (χ0) is 17.4. The number of primary amides is 1. The molecule has 1 amide bonds. The Balaban J connectivity index is 1.84. The third-order valence-corrected chi connectivity index (χ3v) is 5.28. The van der Waals surface area contributed by atoms with Crippen molar-refractivity contribution in [3.8, 4) is 0 Å². The van der Waals surface area contributed by atoms with Crippen molar-refractivity contribution in [3.05, 3.63) is 0 Å². The number of carbonyl (C=O) groups excluding carboxylic acids is 1. The average Bonchev–Trinajstić information content (AvgIpc) is 2.55. The molecule has 2 rings (SSSR count). The van der Waals surface area contributed by atoms with Crippen LogP contribution in [0.4, 0.5) is 0 Å². The van der Waals surface area contributed by atoms with E-state index in [1.54, 1.807) is 0 Å². The fourth-order valence-corrected chi connectivity index (χ4v) is 3.84. The number of guanidine groups is 1. The number of likely N-dealkylation sites (tertiary alicyclic amines) is 2. The normalized spacial score (nSPS) is 24.2. The van der Waals surface area contributed by atoms with Crippen molar-refractivity contribution in [1.29, 1.82) is 0 Å². The van der Waals surface area contributed by atoms with Crippen molar-refractivity contribution >= 4 is 11.9 Å². The van der Waals surface area contributed by atoms with Crippen molar-refractivity contribution in [2.45, 2.75) is 45.4 Å². The number of hydrogen-bond acceptors (Lipinski definition) is 3. The zero-order valence-electron chi connectivity index (χ0n) is 15.5. The maximum Gasteiger partial charge on any atom is 0.217 e. The Kier molecular flexibility index (Phi) is 7.82. The van der Waals surface area contributed by atoms with Crippen LogP contribution in [0.3, 0.4) is 0 Å². The molecule has 0 radical (unpaired) electrons. The smallest absolute Gasteiger partial charge is 0.217 e. The van der Waals surface area contributed by atoms with E-state index in [9.17, 15) is 4.79 Å². The third kappa shape index (κ3) is 6.30. The van der Waals surface area contributed by atoms with E-state index in [0.29, 0.717) is 12.3 Å². The van der Waals surface area contributed by atoms with Gasteiger partial charge in [0.15, 0.2) is 5.96 Å². The lowest BCUT2D eigenvalue weighted by molar-refractivity contribution is -0.119. The van der Waals surface area contributed by atoms with Crippen molar-refractivity contribution in [2.75, 3.05) is 46.3 Å². The SMILES string of the molecule is CCNC(=NCCC1CCN(C)CC1)N1CCCC(CC(N)=O)C1. The van der Waals surface area contributed by atoms with Crippen molar-refractivity contribution in [2.24, 2.45) is 22.6 Å². The van der Waals surface area contributed by atoms with E-state index in [1.807, 2.05) is 0 Å². The minimum atomic E-state index is -0.189. The van der Waals surface area contributed by atoms with Gasteiger partial charge >= 0.3 is 0 Å². The van der Waals surface area contributed by atoms with Gasteiger partial charge in [-0.15, -0.1) is 0 Å². The van der Waals surface area contributed by atoms with Crippen LogP contribution in [0.15, 0.2) is 4.99 Å². The summed E-state index contributed by atoms with van der Waals surface area (Å²) in [5.74, 6) is 2.01. The second-order valence-electron chi connectivity index (χ2n) is 7.40. The minimum Gasteiger partial charge on any atom is -0.370 e. The van der Waals surface area contributed by atoms with Crippen LogP contribution in [-0.4, -0.2) is 68.0 Å². The number of nitrogens with zero attached hydrogens (tertiary/aromatic N) is 3. The molecule has 0 aromatic rings. The molecule has 1 atom stereocenters. The first-order valence-corrected chi connectivity index (χ1v) is 9.58. The van der Waals surface area contributed by atoms with Crippen molar-refractivity contribution in [3.63, 3.8) is 0 Å². The topological polar surface area (TPSA) is 74.0 Å². The molecule has 138 valence electrons. The number of nitrogens with one attached hydrogen (secondary N) is 1. The number of amides is 1. The first kappa shape index (κ1) is 19.0. The molecule has 3 N–H and O–H groups in total. The number of rotatable bonds is 6. The summed E-state index contributed by atoms with van der Waals surface area (Å²) in [6.07, 6.45) is 6.47. The van der Waals surface area contributed by atoms with Gasteiger partial charge in [0.1, 0.15) is 0 Å². The van der Waals surface area contributed by atoms with Gasteiger partial charge in [0.25, 0.3) is 0 Å². The Hall–Kier alpha value is -1.30. The molecule has 2 heterocycles. The van der Waals surface area contributed by atoms with E-state index in [0.717, 1.165) is 50.9 Å². The molecule has 6 nitrogen and oxygen atoms in total.